The van der Waals surface area contributed by atoms with Crippen LogP contribution in [0, 0.1) is 0 Å². The SMILES string of the molecule is CCc1ccc(CNc2cccc(Br)c2COC)cc1. The molecule has 0 fully saturated rings. The fraction of sp³-hybridized carbons (Fsp3) is 0.294. The molecule has 0 aromatic heterocycles. The van der Waals surface area contributed by atoms with Crippen molar-refractivity contribution < 1.29 is 4.74 Å². The summed E-state index contributed by atoms with van der Waals surface area (Å²) >= 11 is 3.57. The maximum Gasteiger partial charge on any atom is 0.0744 e. The Hall–Kier alpha value is -1.32. The fourth-order valence-corrected chi connectivity index (χ4v) is 2.59. The van der Waals surface area contributed by atoms with Gasteiger partial charge in [0.1, 0.15) is 0 Å². The summed E-state index contributed by atoms with van der Waals surface area (Å²) in [5.74, 6) is 0. The Morgan fingerprint density at radius 2 is 1.75 bits per heavy atom. The average Bonchev–Trinajstić information content (AvgIpc) is 2.48. The normalized spacial score (nSPS) is 10.6. The summed E-state index contributed by atoms with van der Waals surface area (Å²) in [5.41, 5.74) is 4.92. The first kappa shape index (κ1) is 15.1. The molecule has 0 aliphatic heterocycles. The lowest BCUT2D eigenvalue weighted by Crippen LogP contribution is -2.03. The first-order valence-corrected chi connectivity index (χ1v) is 7.62. The van der Waals surface area contributed by atoms with Crippen LogP contribution in [0.5, 0.6) is 0 Å². The van der Waals surface area contributed by atoms with Gasteiger partial charge in [0.25, 0.3) is 0 Å². The van der Waals surface area contributed by atoms with Crippen molar-refractivity contribution in [3.8, 4) is 0 Å². The second-order valence-corrected chi connectivity index (χ2v) is 5.58. The van der Waals surface area contributed by atoms with Gasteiger partial charge >= 0.3 is 0 Å². The number of hydrogen-bond acceptors (Lipinski definition) is 2. The highest BCUT2D eigenvalue weighted by Crippen LogP contribution is 2.26. The van der Waals surface area contributed by atoms with Crippen LogP contribution in [0.25, 0.3) is 0 Å². The zero-order chi connectivity index (χ0) is 14.4. The van der Waals surface area contributed by atoms with Crippen molar-refractivity contribution in [3.05, 3.63) is 63.6 Å². The molecule has 0 aliphatic carbocycles. The fourth-order valence-electron chi connectivity index (χ4n) is 2.11. The average molecular weight is 334 g/mol. The van der Waals surface area contributed by atoms with Crippen molar-refractivity contribution in [3.63, 3.8) is 0 Å². The highest BCUT2D eigenvalue weighted by atomic mass is 79.9. The van der Waals surface area contributed by atoms with Gasteiger partial charge in [0.15, 0.2) is 0 Å². The Kier molecular flexibility index (Phi) is 5.62. The number of halogens is 1. The van der Waals surface area contributed by atoms with E-state index in [-0.39, 0.29) is 0 Å². The molecule has 0 atom stereocenters. The maximum atomic E-state index is 5.26. The standard InChI is InChI=1S/C17H20BrNO/c1-3-13-7-9-14(10-8-13)11-19-17-6-4-5-16(18)15(17)12-20-2/h4-10,19H,3,11-12H2,1-2H3. The van der Waals surface area contributed by atoms with E-state index in [9.17, 15) is 0 Å². The Morgan fingerprint density at radius 1 is 1.05 bits per heavy atom. The minimum absolute atomic E-state index is 0.596. The summed E-state index contributed by atoms with van der Waals surface area (Å²) in [6.45, 7) is 3.58. The number of benzene rings is 2. The molecule has 20 heavy (non-hydrogen) atoms. The molecule has 2 nitrogen and oxygen atoms in total. The molecule has 0 bridgehead atoms. The molecule has 2 rings (SSSR count). The zero-order valence-electron chi connectivity index (χ0n) is 11.9. The molecular formula is C17H20BrNO. The Balaban J connectivity index is 2.08. The van der Waals surface area contributed by atoms with Crippen molar-refractivity contribution in [1.82, 2.24) is 0 Å². The molecule has 0 spiro atoms. The summed E-state index contributed by atoms with van der Waals surface area (Å²) in [6.07, 6.45) is 1.08. The predicted molar refractivity (Wildman–Crippen MR) is 88.0 cm³/mol. The molecule has 0 amide bonds. The Labute approximate surface area is 129 Å². The minimum atomic E-state index is 0.596. The van der Waals surface area contributed by atoms with E-state index < -0.39 is 0 Å². The van der Waals surface area contributed by atoms with Crippen LogP contribution in [0.4, 0.5) is 5.69 Å². The second kappa shape index (κ2) is 7.46. The molecule has 2 aromatic carbocycles. The topological polar surface area (TPSA) is 21.3 Å². The summed E-state index contributed by atoms with van der Waals surface area (Å²) < 4.78 is 6.34. The molecule has 0 saturated carbocycles. The van der Waals surface area contributed by atoms with E-state index >= 15 is 0 Å². The molecule has 0 saturated heterocycles. The molecule has 2 aromatic rings. The molecular weight excluding hydrogens is 314 g/mol. The number of anilines is 1. The first-order chi connectivity index (χ1) is 9.74. The lowest BCUT2D eigenvalue weighted by atomic mass is 10.1. The van der Waals surface area contributed by atoms with Crippen LogP contribution in [-0.4, -0.2) is 7.11 Å². The summed E-state index contributed by atoms with van der Waals surface area (Å²) in [6, 6.07) is 14.9. The monoisotopic (exact) mass is 333 g/mol. The summed E-state index contributed by atoms with van der Waals surface area (Å²) in [7, 11) is 1.71. The van der Waals surface area contributed by atoms with E-state index in [0.717, 1.165) is 28.7 Å². The molecule has 0 heterocycles. The molecule has 106 valence electrons. The molecule has 3 heteroatoms. The molecule has 0 unspecified atom stereocenters. The van der Waals surface area contributed by atoms with Crippen LogP contribution in [0.1, 0.15) is 23.6 Å². The van der Waals surface area contributed by atoms with Gasteiger partial charge in [-0.25, -0.2) is 0 Å². The molecule has 0 radical (unpaired) electrons. The number of ether oxygens (including phenoxy) is 1. The highest BCUT2D eigenvalue weighted by Gasteiger charge is 2.06. The third-order valence-electron chi connectivity index (χ3n) is 3.32. The van der Waals surface area contributed by atoms with Crippen LogP contribution < -0.4 is 5.32 Å². The number of methoxy groups -OCH3 is 1. The van der Waals surface area contributed by atoms with E-state index in [2.05, 4.69) is 58.5 Å². The number of aryl methyl sites for hydroxylation is 1. The van der Waals surface area contributed by atoms with E-state index in [1.54, 1.807) is 7.11 Å². The van der Waals surface area contributed by atoms with Crippen molar-refractivity contribution in [1.29, 1.82) is 0 Å². The van der Waals surface area contributed by atoms with Crippen LogP contribution >= 0.6 is 15.9 Å². The van der Waals surface area contributed by atoms with Crippen molar-refractivity contribution in [2.45, 2.75) is 26.5 Å². The van der Waals surface area contributed by atoms with Gasteiger partial charge in [0, 0.05) is 29.4 Å². The third-order valence-corrected chi connectivity index (χ3v) is 4.06. The van der Waals surface area contributed by atoms with Crippen LogP contribution in [0.2, 0.25) is 0 Å². The van der Waals surface area contributed by atoms with Gasteiger partial charge in [0.2, 0.25) is 0 Å². The molecule has 0 aliphatic rings. The number of rotatable bonds is 6. The van der Waals surface area contributed by atoms with Crippen LogP contribution in [0.3, 0.4) is 0 Å². The van der Waals surface area contributed by atoms with Crippen molar-refractivity contribution >= 4 is 21.6 Å². The van der Waals surface area contributed by atoms with E-state index in [1.165, 1.54) is 11.1 Å². The van der Waals surface area contributed by atoms with Gasteiger partial charge < -0.3 is 10.1 Å². The van der Waals surface area contributed by atoms with Crippen molar-refractivity contribution in [2.24, 2.45) is 0 Å². The summed E-state index contributed by atoms with van der Waals surface area (Å²) in [4.78, 5) is 0. The number of nitrogens with one attached hydrogen (secondary N) is 1. The lowest BCUT2D eigenvalue weighted by Gasteiger charge is -2.13. The second-order valence-electron chi connectivity index (χ2n) is 4.72. The van der Waals surface area contributed by atoms with Crippen LogP contribution in [0.15, 0.2) is 46.9 Å². The van der Waals surface area contributed by atoms with Crippen molar-refractivity contribution in [2.75, 3.05) is 12.4 Å². The molecule has 1 N–H and O–H groups in total. The minimum Gasteiger partial charge on any atom is -0.381 e. The van der Waals surface area contributed by atoms with Gasteiger partial charge in [-0.1, -0.05) is 53.2 Å². The summed E-state index contributed by atoms with van der Waals surface area (Å²) in [5, 5.41) is 3.48. The Bertz CT molecular complexity index is 551. The van der Waals surface area contributed by atoms with E-state index in [1.807, 2.05) is 12.1 Å². The predicted octanol–water partition coefficient (Wildman–Crippen LogP) is 4.77. The third kappa shape index (κ3) is 3.84. The Morgan fingerprint density at radius 3 is 2.40 bits per heavy atom. The van der Waals surface area contributed by atoms with Crippen LogP contribution in [-0.2, 0) is 24.3 Å². The largest absolute Gasteiger partial charge is 0.381 e. The van der Waals surface area contributed by atoms with Gasteiger partial charge in [-0.15, -0.1) is 0 Å². The van der Waals surface area contributed by atoms with Gasteiger partial charge in [-0.3, -0.25) is 0 Å². The van der Waals surface area contributed by atoms with Gasteiger partial charge in [0.05, 0.1) is 6.61 Å². The lowest BCUT2D eigenvalue weighted by molar-refractivity contribution is 0.185. The van der Waals surface area contributed by atoms with E-state index in [0.29, 0.717) is 6.61 Å². The number of hydrogen-bond donors (Lipinski definition) is 1. The van der Waals surface area contributed by atoms with Gasteiger partial charge in [-0.05, 0) is 29.7 Å². The van der Waals surface area contributed by atoms with E-state index in [4.69, 9.17) is 4.74 Å². The zero-order valence-corrected chi connectivity index (χ0v) is 13.5. The highest BCUT2D eigenvalue weighted by molar-refractivity contribution is 9.10. The first-order valence-electron chi connectivity index (χ1n) is 6.82. The quantitative estimate of drug-likeness (QED) is 0.822. The smallest absolute Gasteiger partial charge is 0.0744 e. The van der Waals surface area contributed by atoms with Gasteiger partial charge in [-0.2, -0.15) is 0 Å². The maximum absolute atomic E-state index is 5.26.